The van der Waals surface area contributed by atoms with Crippen LogP contribution in [0.2, 0.25) is 0 Å². The Hall–Kier alpha value is -2.07. The van der Waals surface area contributed by atoms with Crippen LogP contribution >= 0.6 is 0 Å². The molecule has 0 aliphatic heterocycles. The van der Waals surface area contributed by atoms with Crippen molar-refractivity contribution in [2.75, 3.05) is 18.5 Å². The second kappa shape index (κ2) is 7.09. The summed E-state index contributed by atoms with van der Waals surface area (Å²) in [6, 6.07) is 10.7. The average Bonchev–Trinajstić information content (AvgIpc) is 2.43. The lowest BCUT2D eigenvalue weighted by Crippen LogP contribution is -2.06. The highest BCUT2D eigenvalue weighted by atomic mass is 19.1. The Kier molecular flexibility index (Phi) is 5.17. The number of hydrogen-bond donors (Lipinski definition) is 2. The van der Waals surface area contributed by atoms with Crippen molar-refractivity contribution in [3.63, 3.8) is 0 Å². The van der Waals surface area contributed by atoms with E-state index in [-0.39, 0.29) is 19.0 Å². The minimum absolute atomic E-state index is 0.104. The molecule has 2 N–H and O–H groups in total. The smallest absolute Gasteiger partial charge is 0.145 e. The lowest BCUT2D eigenvalue weighted by atomic mass is 10.1. The third-order valence-electron chi connectivity index (χ3n) is 3.06. The second-order valence-electron chi connectivity index (χ2n) is 5.06. The van der Waals surface area contributed by atoms with E-state index >= 15 is 0 Å². The summed E-state index contributed by atoms with van der Waals surface area (Å²) in [6.45, 7) is 4.78. The number of aliphatic hydroxyl groups is 1. The Balaban J connectivity index is 2.11. The molecule has 4 heteroatoms. The summed E-state index contributed by atoms with van der Waals surface area (Å²) in [4.78, 5) is 0. The number of nitrogens with one attached hydrogen (secondary N) is 1. The minimum atomic E-state index is -0.361. The molecule has 112 valence electrons. The standard InChI is InChI=1S/C17H20FNO2/c1-12-7-13(2)9-14(8-12)11-19-16-4-3-15(18)10-17(16)21-6-5-20/h3-4,7-10,19-20H,5-6,11H2,1-2H3. The van der Waals surface area contributed by atoms with Gasteiger partial charge in [0, 0.05) is 12.6 Å². The number of aryl methyl sites for hydroxylation is 2. The van der Waals surface area contributed by atoms with E-state index in [1.165, 1.54) is 23.3 Å². The summed E-state index contributed by atoms with van der Waals surface area (Å²) < 4.78 is 18.6. The van der Waals surface area contributed by atoms with Gasteiger partial charge in [0.2, 0.25) is 0 Å². The number of rotatable bonds is 6. The van der Waals surface area contributed by atoms with Crippen LogP contribution in [0.3, 0.4) is 0 Å². The van der Waals surface area contributed by atoms with E-state index in [4.69, 9.17) is 9.84 Å². The number of anilines is 1. The maximum Gasteiger partial charge on any atom is 0.145 e. The van der Waals surface area contributed by atoms with Gasteiger partial charge in [-0.3, -0.25) is 0 Å². The first-order valence-electron chi connectivity index (χ1n) is 6.93. The molecule has 0 aromatic heterocycles. The predicted molar refractivity (Wildman–Crippen MR) is 82.2 cm³/mol. The fourth-order valence-corrected chi connectivity index (χ4v) is 2.29. The van der Waals surface area contributed by atoms with Crippen LogP contribution < -0.4 is 10.1 Å². The minimum Gasteiger partial charge on any atom is -0.489 e. The molecule has 3 nitrogen and oxygen atoms in total. The quantitative estimate of drug-likeness (QED) is 0.856. The van der Waals surface area contributed by atoms with E-state index in [1.54, 1.807) is 6.07 Å². The largest absolute Gasteiger partial charge is 0.489 e. The predicted octanol–water partition coefficient (Wildman–Crippen LogP) is 3.43. The van der Waals surface area contributed by atoms with E-state index < -0.39 is 0 Å². The summed E-state index contributed by atoms with van der Waals surface area (Å²) in [5.41, 5.74) is 4.29. The Labute approximate surface area is 124 Å². The Morgan fingerprint density at radius 1 is 1.10 bits per heavy atom. The van der Waals surface area contributed by atoms with E-state index in [1.807, 2.05) is 0 Å². The molecule has 21 heavy (non-hydrogen) atoms. The molecule has 0 unspecified atom stereocenters. The number of benzene rings is 2. The van der Waals surface area contributed by atoms with E-state index in [0.29, 0.717) is 18.0 Å². The molecule has 0 bridgehead atoms. The molecule has 0 radical (unpaired) electrons. The first kappa shape index (κ1) is 15.3. The molecule has 0 saturated heterocycles. The van der Waals surface area contributed by atoms with Crippen LogP contribution in [0.1, 0.15) is 16.7 Å². The van der Waals surface area contributed by atoms with Crippen molar-refractivity contribution >= 4 is 5.69 Å². The van der Waals surface area contributed by atoms with E-state index in [2.05, 4.69) is 37.4 Å². The first-order valence-corrected chi connectivity index (χ1v) is 6.93. The maximum atomic E-state index is 13.3. The first-order chi connectivity index (χ1) is 10.1. The third kappa shape index (κ3) is 4.46. The van der Waals surface area contributed by atoms with Gasteiger partial charge in [-0.15, -0.1) is 0 Å². The highest BCUT2D eigenvalue weighted by Crippen LogP contribution is 2.26. The Bertz CT molecular complexity index is 593. The van der Waals surface area contributed by atoms with Crippen LogP contribution in [-0.2, 0) is 6.54 Å². The third-order valence-corrected chi connectivity index (χ3v) is 3.06. The fourth-order valence-electron chi connectivity index (χ4n) is 2.29. The molecule has 0 saturated carbocycles. The monoisotopic (exact) mass is 289 g/mol. The summed E-state index contributed by atoms with van der Waals surface area (Å²) in [7, 11) is 0. The van der Waals surface area contributed by atoms with Crippen LogP contribution in [0.5, 0.6) is 5.75 Å². The van der Waals surface area contributed by atoms with Crippen molar-refractivity contribution in [3.05, 3.63) is 58.9 Å². The van der Waals surface area contributed by atoms with Gasteiger partial charge in [-0.1, -0.05) is 29.3 Å². The zero-order valence-corrected chi connectivity index (χ0v) is 12.3. The van der Waals surface area contributed by atoms with Crippen molar-refractivity contribution in [1.29, 1.82) is 0 Å². The van der Waals surface area contributed by atoms with Crippen molar-refractivity contribution in [1.82, 2.24) is 0 Å². The zero-order valence-electron chi connectivity index (χ0n) is 12.3. The molecular weight excluding hydrogens is 269 g/mol. The molecule has 2 aromatic carbocycles. The second-order valence-corrected chi connectivity index (χ2v) is 5.06. The van der Waals surface area contributed by atoms with Crippen LogP contribution in [0, 0.1) is 19.7 Å². The molecular formula is C17H20FNO2. The molecule has 0 spiro atoms. The lowest BCUT2D eigenvalue weighted by molar-refractivity contribution is 0.201. The zero-order chi connectivity index (χ0) is 15.2. The normalized spacial score (nSPS) is 10.5. The fraction of sp³-hybridized carbons (Fsp3) is 0.294. The summed E-state index contributed by atoms with van der Waals surface area (Å²) in [5, 5.41) is 12.1. The number of ether oxygens (including phenoxy) is 1. The van der Waals surface area contributed by atoms with E-state index in [0.717, 1.165) is 5.56 Å². The number of halogens is 1. The van der Waals surface area contributed by atoms with Crippen LogP contribution in [0.15, 0.2) is 36.4 Å². The van der Waals surface area contributed by atoms with Gasteiger partial charge in [-0.25, -0.2) is 4.39 Å². The van der Waals surface area contributed by atoms with Gasteiger partial charge in [-0.05, 0) is 31.5 Å². The van der Waals surface area contributed by atoms with Gasteiger partial charge in [-0.2, -0.15) is 0 Å². The number of aliphatic hydroxyl groups excluding tert-OH is 1. The molecule has 0 atom stereocenters. The highest BCUT2D eigenvalue weighted by Gasteiger charge is 2.06. The van der Waals surface area contributed by atoms with Crippen LogP contribution in [0.25, 0.3) is 0 Å². The Morgan fingerprint density at radius 3 is 2.48 bits per heavy atom. The van der Waals surface area contributed by atoms with Gasteiger partial charge in [0.25, 0.3) is 0 Å². The number of hydrogen-bond acceptors (Lipinski definition) is 3. The average molecular weight is 289 g/mol. The highest BCUT2D eigenvalue weighted by molar-refractivity contribution is 5.56. The molecule has 0 aliphatic rings. The van der Waals surface area contributed by atoms with Gasteiger partial charge in [0.1, 0.15) is 18.2 Å². The van der Waals surface area contributed by atoms with Gasteiger partial charge in [0.05, 0.1) is 12.3 Å². The molecule has 0 fully saturated rings. The maximum absolute atomic E-state index is 13.3. The van der Waals surface area contributed by atoms with E-state index in [9.17, 15) is 4.39 Å². The van der Waals surface area contributed by atoms with Crippen LogP contribution in [-0.4, -0.2) is 18.3 Å². The van der Waals surface area contributed by atoms with Crippen molar-refractivity contribution in [2.24, 2.45) is 0 Å². The summed E-state index contributed by atoms with van der Waals surface area (Å²) >= 11 is 0. The SMILES string of the molecule is Cc1cc(C)cc(CNc2ccc(F)cc2OCCO)c1. The van der Waals surface area contributed by atoms with Crippen molar-refractivity contribution in [2.45, 2.75) is 20.4 Å². The molecule has 2 rings (SSSR count). The summed E-state index contributed by atoms with van der Waals surface area (Å²) in [6.07, 6.45) is 0. The van der Waals surface area contributed by atoms with Crippen molar-refractivity contribution < 1.29 is 14.2 Å². The van der Waals surface area contributed by atoms with Crippen molar-refractivity contribution in [3.8, 4) is 5.75 Å². The topological polar surface area (TPSA) is 41.5 Å². The van der Waals surface area contributed by atoms with Crippen LogP contribution in [0.4, 0.5) is 10.1 Å². The lowest BCUT2D eigenvalue weighted by Gasteiger charge is -2.13. The van der Waals surface area contributed by atoms with Gasteiger partial charge >= 0.3 is 0 Å². The van der Waals surface area contributed by atoms with Gasteiger partial charge in [0.15, 0.2) is 0 Å². The molecule has 0 amide bonds. The molecule has 0 heterocycles. The van der Waals surface area contributed by atoms with Gasteiger partial charge < -0.3 is 15.2 Å². The molecule has 2 aromatic rings. The molecule has 0 aliphatic carbocycles. The Morgan fingerprint density at radius 2 is 1.81 bits per heavy atom. The summed E-state index contributed by atoms with van der Waals surface area (Å²) in [5.74, 6) is 0.0494.